The zero-order valence-electron chi connectivity index (χ0n) is 14.4. The van der Waals surface area contributed by atoms with Gasteiger partial charge in [-0.25, -0.2) is 14.4 Å². The van der Waals surface area contributed by atoms with Crippen LogP contribution < -0.4 is 11.5 Å². The minimum absolute atomic E-state index is 0.119. The first-order valence-corrected chi connectivity index (χ1v) is 7.52. The average molecular weight is 354 g/mol. The standard InChI is InChI=1S/C16H22N2O7/c1-4-22-15(21)25-16(2,3)14(20)24-6-5-23-13(19)10-7-11(17)9-12(18)8-10/h7-9H,4-6,17-18H2,1-3H3. The van der Waals surface area contributed by atoms with Gasteiger partial charge in [0.15, 0.2) is 0 Å². The van der Waals surface area contributed by atoms with Gasteiger partial charge in [0.2, 0.25) is 5.60 Å². The molecular formula is C16H22N2O7. The molecular weight excluding hydrogens is 332 g/mol. The number of rotatable bonds is 7. The summed E-state index contributed by atoms with van der Waals surface area (Å²) >= 11 is 0. The SMILES string of the molecule is CCOC(=O)OC(C)(C)C(=O)OCCOC(=O)c1cc(N)cc(N)c1. The maximum Gasteiger partial charge on any atom is 0.509 e. The van der Waals surface area contributed by atoms with E-state index in [0.29, 0.717) is 11.4 Å². The average Bonchev–Trinajstić information content (AvgIpc) is 2.49. The van der Waals surface area contributed by atoms with E-state index >= 15 is 0 Å². The second-order valence-electron chi connectivity index (χ2n) is 5.46. The highest BCUT2D eigenvalue weighted by atomic mass is 16.7. The van der Waals surface area contributed by atoms with E-state index < -0.39 is 23.7 Å². The van der Waals surface area contributed by atoms with Gasteiger partial charge in [0.1, 0.15) is 13.2 Å². The first-order valence-electron chi connectivity index (χ1n) is 7.52. The number of ether oxygens (including phenoxy) is 4. The Bertz CT molecular complexity index is 623. The first kappa shape index (κ1) is 20.1. The molecule has 9 nitrogen and oxygen atoms in total. The third-order valence-corrected chi connectivity index (χ3v) is 2.86. The number of nitrogen functional groups attached to an aromatic ring is 2. The zero-order valence-corrected chi connectivity index (χ0v) is 14.4. The summed E-state index contributed by atoms with van der Waals surface area (Å²) in [5.74, 6) is -1.46. The second kappa shape index (κ2) is 8.76. The van der Waals surface area contributed by atoms with E-state index in [-0.39, 0.29) is 25.4 Å². The smallest absolute Gasteiger partial charge is 0.459 e. The summed E-state index contributed by atoms with van der Waals surface area (Å²) in [6.45, 7) is 4.04. The van der Waals surface area contributed by atoms with Crippen LogP contribution in [0.15, 0.2) is 18.2 Å². The maximum atomic E-state index is 11.9. The lowest BCUT2D eigenvalue weighted by Gasteiger charge is -2.22. The molecule has 0 spiro atoms. The number of esters is 2. The molecule has 0 aliphatic carbocycles. The van der Waals surface area contributed by atoms with E-state index in [4.69, 9.17) is 25.7 Å². The Balaban J connectivity index is 2.42. The van der Waals surface area contributed by atoms with Gasteiger partial charge in [-0.2, -0.15) is 0 Å². The van der Waals surface area contributed by atoms with Gasteiger partial charge in [-0.3, -0.25) is 0 Å². The molecule has 0 heterocycles. The van der Waals surface area contributed by atoms with E-state index in [9.17, 15) is 14.4 Å². The summed E-state index contributed by atoms with van der Waals surface area (Å²) in [5.41, 5.74) is 10.5. The third-order valence-electron chi connectivity index (χ3n) is 2.86. The summed E-state index contributed by atoms with van der Waals surface area (Å²) in [6, 6.07) is 4.34. The Morgan fingerprint density at radius 2 is 1.52 bits per heavy atom. The number of carbonyl (C=O) groups is 3. The van der Waals surface area contributed by atoms with Crippen molar-refractivity contribution in [1.82, 2.24) is 0 Å². The van der Waals surface area contributed by atoms with E-state index in [1.807, 2.05) is 0 Å². The number of nitrogens with two attached hydrogens (primary N) is 2. The third kappa shape index (κ3) is 6.58. The Kier molecular flexibility index (Phi) is 7.04. The van der Waals surface area contributed by atoms with Crippen molar-refractivity contribution in [2.75, 3.05) is 31.3 Å². The van der Waals surface area contributed by atoms with Crippen molar-refractivity contribution >= 4 is 29.5 Å². The fourth-order valence-corrected chi connectivity index (χ4v) is 1.72. The minimum Gasteiger partial charge on any atom is -0.459 e. The van der Waals surface area contributed by atoms with Crippen LogP contribution in [0, 0.1) is 0 Å². The fourth-order valence-electron chi connectivity index (χ4n) is 1.72. The van der Waals surface area contributed by atoms with Gasteiger partial charge in [-0.15, -0.1) is 0 Å². The minimum atomic E-state index is -1.53. The van der Waals surface area contributed by atoms with E-state index in [0.717, 1.165) is 0 Å². The van der Waals surface area contributed by atoms with Gasteiger partial charge >= 0.3 is 18.1 Å². The Morgan fingerprint density at radius 1 is 0.960 bits per heavy atom. The van der Waals surface area contributed by atoms with Crippen molar-refractivity contribution in [1.29, 1.82) is 0 Å². The summed E-state index contributed by atoms with van der Waals surface area (Å²) in [7, 11) is 0. The number of hydrogen-bond donors (Lipinski definition) is 2. The summed E-state index contributed by atoms with van der Waals surface area (Å²) in [6.07, 6.45) is -0.977. The van der Waals surface area contributed by atoms with Gasteiger partial charge in [0.05, 0.1) is 12.2 Å². The zero-order chi connectivity index (χ0) is 19.0. The fraction of sp³-hybridized carbons (Fsp3) is 0.438. The van der Waals surface area contributed by atoms with Gasteiger partial charge < -0.3 is 30.4 Å². The molecule has 25 heavy (non-hydrogen) atoms. The second-order valence-corrected chi connectivity index (χ2v) is 5.46. The summed E-state index contributed by atoms with van der Waals surface area (Å²) in [4.78, 5) is 35.0. The molecule has 138 valence electrons. The van der Waals surface area contributed by atoms with Crippen molar-refractivity contribution < 1.29 is 33.3 Å². The van der Waals surface area contributed by atoms with Crippen LogP contribution in [0.5, 0.6) is 0 Å². The topological polar surface area (TPSA) is 140 Å². The number of hydrogen-bond acceptors (Lipinski definition) is 9. The molecule has 9 heteroatoms. The van der Waals surface area contributed by atoms with Gasteiger partial charge in [0, 0.05) is 11.4 Å². The van der Waals surface area contributed by atoms with Crippen LogP contribution in [0.3, 0.4) is 0 Å². The largest absolute Gasteiger partial charge is 0.509 e. The van der Waals surface area contributed by atoms with Crippen molar-refractivity contribution in [2.45, 2.75) is 26.4 Å². The molecule has 0 aromatic heterocycles. The number of benzene rings is 1. The molecule has 1 aromatic rings. The van der Waals surface area contributed by atoms with Crippen LogP contribution in [0.2, 0.25) is 0 Å². The Labute approximate surface area is 145 Å². The van der Waals surface area contributed by atoms with Crippen molar-refractivity contribution in [3.8, 4) is 0 Å². The molecule has 4 N–H and O–H groups in total. The van der Waals surface area contributed by atoms with Crippen molar-refractivity contribution in [3.05, 3.63) is 23.8 Å². The van der Waals surface area contributed by atoms with Crippen LogP contribution in [-0.4, -0.2) is 43.5 Å². The Hall–Kier alpha value is -2.97. The molecule has 0 saturated carbocycles. The highest BCUT2D eigenvalue weighted by Crippen LogP contribution is 2.15. The quantitative estimate of drug-likeness (QED) is 0.322. The molecule has 1 rings (SSSR count). The van der Waals surface area contributed by atoms with Gasteiger partial charge in [-0.05, 0) is 39.0 Å². The van der Waals surface area contributed by atoms with Crippen LogP contribution >= 0.6 is 0 Å². The lowest BCUT2D eigenvalue weighted by molar-refractivity contribution is -0.165. The van der Waals surface area contributed by atoms with Crippen LogP contribution in [-0.2, 0) is 23.7 Å². The van der Waals surface area contributed by atoms with Crippen molar-refractivity contribution in [2.24, 2.45) is 0 Å². The molecule has 0 radical (unpaired) electrons. The molecule has 0 bridgehead atoms. The van der Waals surface area contributed by atoms with Crippen molar-refractivity contribution in [3.63, 3.8) is 0 Å². The van der Waals surface area contributed by atoms with E-state index in [2.05, 4.69) is 4.74 Å². The molecule has 0 saturated heterocycles. The van der Waals surface area contributed by atoms with Gasteiger partial charge in [-0.1, -0.05) is 0 Å². The monoisotopic (exact) mass is 354 g/mol. The highest BCUT2D eigenvalue weighted by molar-refractivity contribution is 5.91. The molecule has 0 fully saturated rings. The lowest BCUT2D eigenvalue weighted by Crippen LogP contribution is -2.39. The van der Waals surface area contributed by atoms with Crippen LogP contribution in [0.25, 0.3) is 0 Å². The van der Waals surface area contributed by atoms with E-state index in [1.165, 1.54) is 32.0 Å². The normalized spacial score (nSPS) is 10.7. The molecule has 0 amide bonds. The first-order chi connectivity index (χ1) is 11.7. The lowest BCUT2D eigenvalue weighted by atomic mass is 10.1. The number of anilines is 2. The molecule has 1 aromatic carbocycles. The van der Waals surface area contributed by atoms with Gasteiger partial charge in [0.25, 0.3) is 0 Å². The predicted molar refractivity (Wildman–Crippen MR) is 88.7 cm³/mol. The molecule has 0 unspecified atom stereocenters. The Morgan fingerprint density at radius 3 is 2.08 bits per heavy atom. The van der Waals surface area contributed by atoms with Crippen LogP contribution in [0.4, 0.5) is 16.2 Å². The molecule has 0 aliphatic heterocycles. The van der Waals surface area contributed by atoms with E-state index in [1.54, 1.807) is 6.92 Å². The highest BCUT2D eigenvalue weighted by Gasteiger charge is 2.34. The van der Waals surface area contributed by atoms with Crippen LogP contribution in [0.1, 0.15) is 31.1 Å². The summed E-state index contributed by atoms with van der Waals surface area (Å²) in [5, 5.41) is 0. The number of carbonyl (C=O) groups excluding carboxylic acids is 3. The molecule has 0 atom stereocenters. The molecule has 0 aliphatic rings. The predicted octanol–water partition coefficient (Wildman–Crippen LogP) is 1.50. The maximum absolute atomic E-state index is 11.9. The summed E-state index contributed by atoms with van der Waals surface area (Å²) < 4.78 is 19.3.